The molecule has 4 N–H and O–H groups in total. The van der Waals surface area contributed by atoms with E-state index in [1.54, 1.807) is 36.7 Å². The van der Waals surface area contributed by atoms with Gasteiger partial charge < -0.3 is 16.4 Å². The minimum absolute atomic E-state index is 0.249. The number of carbonyl (C=O) groups excluding carboxylic acids is 1. The molecule has 2 rings (SSSR count). The van der Waals surface area contributed by atoms with Gasteiger partial charge in [-0.2, -0.15) is 0 Å². The van der Waals surface area contributed by atoms with Crippen LogP contribution in [0.15, 0.2) is 42.7 Å². The zero-order valence-electron chi connectivity index (χ0n) is 10.7. The summed E-state index contributed by atoms with van der Waals surface area (Å²) in [7, 11) is 0. The van der Waals surface area contributed by atoms with Crippen molar-refractivity contribution in [3.63, 3.8) is 0 Å². The summed E-state index contributed by atoms with van der Waals surface area (Å²) in [6, 6.07) is 8.63. The molecule has 98 valence electrons. The van der Waals surface area contributed by atoms with Crippen LogP contribution in [0.1, 0.15) is 11.1 Å². The van der Waals surface area contributed by atoms with Crippen LogP contribution in [0.2, 0.25) is 0 Å². The molecule has 1 heterocycles. The number of amides is 2. The second-order valence-electron chi connectivity index (χ2n) is 4.23. The molecule has 0 radical (unpaired) electrons. The molecule has 0 saturated carbocycles. The number of nitrogens with zero attached hydrogens (tertiary/aromatic N) is 1. The van der Waals surface area contributed by atoms with Gasteiger partial charge in [0.2, 0.25) is 0 Å². The molecule has 0 bridgehead atoms. The number of carbonyl (C=O) groups is 1. The first-order valence-electron chi connectivity index (χ1n) is 5.95. The monoisotopic (exact) mass is 256 g/mol. The van der Waals surface area contributed by atoms with Gasteiger partial charge in [0.15, 0.2) is 0 Å². The van der Waals surface area contributed by atoms with E-state index in [2.05, 4.69) is 15.6 Å². The fourth-order valence-electron chi connectivity index (χ4n) is 1.62. The van der Waals surface area contributed by atoms with E-state index in [0.717, 1.165) is 11.1 Å². The summed E-state index contributed by atoms with van der Waals surface area (Å²) in [4.78, 5) is 15.7. The van der Waals surface area contributed by atoms with E-state index in [9.17, 15) is 4.79 Å². The Labute approximate surface area is 111 Å². The fourth-order valence-corrected chi connectivity index (χ4v) is 1.62. The lowest BCUT2D eigenvalue weighted by molar-refractivity contribution is 0.251. The summed E-state index contributed by atoms with van der Waals surface area (Å²) in [5.74, 6) is 0. The van der Waals surface area contributed by atoms with Crippen LogP contribution in [-0.2, 0) is 6.54 Å². The number of urea groups is 1. The van der Waals surface area contributed by atoms with Gasteiger partial charge >= 0.3 is 6.03 Å². The molecule has 1 aromatic heterocycles. The van der Waals surface area contributed by atoms with Crippen LogP contribution in [-0.4, -0.2) is 11.0 Å². The Kier molecular flexibility index (Phi) is 3.97. The standard InChI is InChI=1S/C14H16N4O/c1-10-8-16-7-6-11(10)9-17-14(19)18-13-4-2-12(15)3-5-13/h2-8H,9,15H2,1H3,(H2,17,18,19). The summed E-state index contributed by atoms with van der Waals surface area (Å²) < 4.78 is 0. The van der Waals surface area contributed by atoms with E-state index in [0.29, 0.717) is 17.9 Å². The number of hydrogen-bond acceptors (Lipinski definition) is 3. The first-order chi connectivity index (χ1) is 9.15. The number of nitrogens with two attached hydrogens (primary N) is 1. The average molecular weight is 256 g/mol. The zero-order chi connectivity index (χ0) is 13.7. The van der Waals surface area contributed by atoms with Crippen LogP contribution >= 0.6 is 0 Å². The van der Waals surface area contributed by atoms with Crippen LogP contribution in [0.5, 0.6) is 0 Å². The van der Waals surface area contributed by atoms with Gasteiger partial charge in [-0.15, -0.1) is 0 Å². The number of hydrogen-bond donors (Lipinski definition) is 3. The average Bonchev–Trinajstić information content (AvgIpc) is 2.40. The molecule has 5 nitrogen and oxygen atoms in total. The lowest BCUT2D eigenvalue weighted by atomic mass is 10.1. The molecule has 0 fully saturated rings. The highest BCUT2D eigenvalue weighted by Crippen LogP contribution is 2.10. The number of aromatic nitrogens is 1. The van der Waals surface area contributed by atoms with Crippen LogP contribution < -0.4 is 16.4 Å². The molecule has 0 aliphatic heterocycles. The van der Waals surface area contributed by atoms with E-state index in [4.69, 9.17) is 5.73 Å². The Morgan fingerprint density at radius 1 is 1.26 bits per heavy atom. The van der Waals surface area contributed by atoms with Crippen LogP contribution in [0.4, 0.5) is 16.2 Å². The number of anilines is 2. The number of pyridine rings is 1. The third kappa shape index (κ3) is 3.70. The lowest BCUT2D eigenvalue weighted by Crippen LogP contribution is -2.28. The van der Waals surface area contributed by atoms with E-state index >= 15 is 0 Å². The number of nitrogen functional groups attached to an aromatic ring is 1. The third-order valence-corrected chi connectivity index (χ3v) is 2.74. The Balaban J connectivity index is 1.88. The van der Waals surface area contributed by atoms with Crippen LogP contribution in [0, 0.1) is 6.92 Å². The van der Waals surface area contributed by atoms with Gasteiger partial charge in [-0.05, 0) is 48.4 Å². The van der Waals surface area contributed by atoms with Crippen molar-refractivity contribution in [3.8, 4) is 0 Å². The fraction of sp³-hybridized carbons (Fsp3) is 0.143. The van der Waals surface area contributed by atoms with Gasteiger partial charge in [-0.25, -0.2) is 4.79 Å². The maximum absolute atomic E-state index is 11.7. The Morgan fingerprint density at radius 3 is 2.68 bits per heavy atom. The van der Waals surface area contributed by atoms with Gasteiger partial charge in [0.25, 0.3) is 0 Å². The van der Waals surface area contributed by atoms with Crippen LogP contribution in [0.25, 0.3) is 0 Å². The largest absolute Gasteiger partial charge is 0.399 e. The van der Waals surface area contributed by atoms with E-state index in [1.165, 1.54) is 0 Å². The molecular formula is C14H16N4O. The predicted octanol–water partition coefficient (Wildman–Crippen LogP) is 2.29. The lowest BCUT2D eigenvalue weighted by Gasteiger charge is -2.09. The molecule has 0 saturated heterocycles. The molecule has 0 aliphatic rings. The second kappa shape index (κ2) is 5.86. The van der Waals surface area contributed by atoms with E-state index < -0.39 is 0 Å². The highest BCUT2D eigenvalue weighted by Gasteiger charge is 2.03. The number of aryl methyl sites for hydroxylation is 1. The highest BCUT2D eigenvalue weighted by molar-refractivity contribution is 5.89. The van der Waals surface area contributed by atoms with E-state index in [-0.39, 0.29) is 6.03 Å². The predicted molar refractivity (Wildman–Crippen MR) is 75.7 cm³/mol. The molecular weight excluding hydrogens is 240 g/mol. The van der Waals surface area contributed by atoms with Gasteiger partial charge in [0, 0.05) is 30.3 Å². The molecule has 19 heavy (non-hydrogen) atoms. The van der Waals surface area contributed by atoms with Gasteiger partial charge in [0.1, 0.15) is 0 Å². The van der Waals surface area contributed by atoms with Crippen molar-refractivity contribution in [2.75, 3.05) is 11.1 Å². The number of rotatable bonds is 3. The zero-order valence-corrected chi connectivity index (χ0v) is 10.7. The normalized spacial score (nSPS) is 9.95. The maximum Gasteiger partial charge on any atom is 0.319 e. The first kappa shape index (κ1) is 12.9. The molecule has 1 aromatic carbocycles. The molecule has 0 atom stereocenters. The van der Waals surface area contributed by atoms with Crippen molar-refractivity contribution < 1.29 is 4.79 Å². The van der Waals surface area contributed by atoms with Crippen molar-refractivity contribution in [2.24, 2.45) is 0 Å². The molecule has 0 unspecified atom stereocenters. The third-order valence-electron chi connectivity index (χ3n) is 2.74. The van der Waals surface area contributed by atoms with Gasteiger partial charge in [0.05, 0.1) is 0 Å². The number of nitrogens with one attached hydrogen (secondary N) is 2. The summed E-state index contributed by atoms with van der Waals surface area (Å²) in [5, 5.41) is 5.53. The quantitative estimate of drug-likeness (QED) is 0.737. The topological polar surface area (TPSA) is 80.0 Å². The minimum atomic E-state index is -0.249. The van der Waals surface area contributed by atoms with Crippen molar-refractivity contribution in [1.29, 1.82) is 0 Å². The summed E-state index contributed by atoms with van der Waals surface area (Å²) in [5.41, 5.74) is 9.04. The van der Waals surface area contributed by atoms with Crippen molar-refractivity contribution in [2.45, 2.75) is 13.5 Å². The summed E-state index contributed by atoms with van der Waals surface area (Å²) >= 11 is 0. The minimum Gasteiger partial charge on any atom is -0.399 e. The molecule has 2 aromatic rings. The molecule has 0 spiro atoms. The van der Waals surface area contributed by atoms with Gasteiger partial charge in [-0.3, -0.25) is 4.98 Å². The highest BCUT2D eigenvalue weighted by atomic mass is 16.2. The number of benzene rings is 1. The van der Waals surface area contributed by atoms with Crippen LogP contribution in [0.3, 0.4) is 0 Å². The summed E-state index contributed by atoms with van der Waals surface area (Å²) in [6.07, 6.45) is 3.48. The smallest absolute Gasteiger partial charge is 0.319 e. The second-order valence-corrected chi connectivity index (χ2v) is 4.23. The maximum atomic E-state index is 11.7. The van der Waals surface area contributed by atoms with E-state index in [1.807, 2.05) is 13.0 Å². The SMILES string of the molecule is Cc1cnccc1CNC(=O)Nc1ccc(N)cc1. The Bertz CT molecular complexity index is 566. The van der Waals surface area contributed by atoms with Crippen molar-refractivity contribution in [1.82, 2.24) is 10.3 Å². The first-order valence-corrected chi connectivity index (χ1v) is 5.95. The summed E-state index contributed by atoms with van der Waals surface area (Å²) in [6.45, 7) is 2.43. The molecule has 0 aliphatic carbocycles. The Hall–Kier alpha value is -2.56. The molecule has 5 heteroatoms. The molecule has 2 amide bonds. The Morgan fingerprint density at radius 2 is 2.00 bits per heavy atom. The van der Waals surface area contributed by atoms with Gasteiger partial charge in [-0.1, -0.05) is 0 Å². The van der Waals surface area contributed by atoms with Crippen molar-refractivity contribution in [3.05, 3.63) is 53.9 Å². The van der Waals surface area contributed by atoms with Crippen molar-refractivity contribution >= 4 is 17.4 Å².